The van der Waals surface area contributed by atoms with Crippen molar-refractivity contribution in [2.75, 3.05) is 0 Å². The molecular formula is C10H9ClN4O3. The first kappa shape index (κ1) is 12.3. The minimum Gasteiger partial charge on any atom is -0.410 e. The van der Waals surface area contributed by atoms with Crippen LogP contribution in [0.2, 0.25) is 0 Å². The second-order valence-electron chi connectivity index (χ2n) is 3.54. The molecule has 0 radical (unpaired) electrons. The maximum Gasteiger partial charge on any atom is 0.244 e. The third kappa shape index (κ3) is 2.40. The van der Waals surface area contributed by atoms with Gasteiger partial charge in [-0.05, 0) is 17.3 Å². The highest BCUT2D eigenvalue weighted by Crippen LogP contribution is 2.12. The van der Waals surface area contributed by atoms with E-state index >= 15 is 0 Å². The van der Waals surface area contributed by atoms with Gasteiger partial charge in [-0.3, -0.25) is 9.59 Å². The van der Waals surface area contributed by atoms with Gasteiger partial charge in [0.1, 0.15) is 11.0 Å². The van der Waals surface area contributed by atoms with Crippen LogP contribution >= 0.6 is 11.8 Å². The summed E-state index contributed by atoms with van der Waals surface area (Å²) in [6.07, 6.45) is 0.532. The average Bonchev–Trinajstić information content (AvgIpc) is 2.90. The number of nitrogens with zero attached hydrogens (tertiary/aromatic N) is 4. The third-order valence-corrected chi connectivity index (χ3v) is 2.70. The minimum atomic E-state index is -0.295. The normalized spacial score (nSPS) is 14.8. The van der Waals surface area contributed by atoms with Crippen LogP contribution in [0.5, 0.6) is 0 Å². The number of hydrogen-bond acceptors (Lipinski definition) is 5. The van der Waals surface area contributed by atoms with Crippen molar-refractivity contribution in [2.45, 2.75) is 12.8 Å². The Morgan fingerprint density at radius 3 is 2.28 bits per heavy atom. The van der Waals surface area contributed by atoms with Gasteiger partial charge in [-0.1, -0.05) is 17.0 Å². The fourth-order valence-electron chi connectivity index (χ4n) is 1.41. The topological polar surface area (TPSA) is 88.3 Å². The van der Waals surface area contributed by atoms with Crippen molar-refractivity contribution >= 4 is 34.6 Å². The number of imide groups is 1. The van der Waals surface area contributed by atoms with Gasteiger partial charge in [-0.15, -0.1) is 5.10 Å². The highest BCUT2D eigenvalue weighted by Gasteiger charge is 2.26. The molecule has 0 bridgehead atoms. The fourth-order valence-corrected chi connectivity index (χ4v) is 1.57. The van der Waals surface area contributed by atoms with E-state index < -0.39 is 0 Å². The molecule has 0 spiro atoms. The van der Waals surface area contributed by atoms with Crippen LogP contribution in [-0.4, -0.2) is 36.6 Å². The van der Waals surface area contributed by atoms with Crippen molar-refractivity contribution in [1.82, 2.24) is 19.6 Å². The first-order valence-corrected chi connectivity index (χ1v) is 5.44. The minimum absolute atomic E-state index is 0.266. The SMILES string of the molecule is O=C1CCC(=O)N1Cl.On1nnc2ccccc21. The molecule has 0 unspecified atom stereocenters. The van der Waals surface area contributed by atoms with Gasteiger partial charge >= 0.3 is 0 Å². The molecule has 1 N–H and O–H groups in total. The predicted molar refractivity (Wildman–Crippen MR) is 61.7 cm³/mol. The highest BCUT2D eigenvalue weighted by atomic mass is 35.5. The number of carbonyl (C=O) groups excluding carboxylic acids is 2. The van der Waals surface area contributed by atoms with Gasteiger partial charge in [-0.25, -0.2) is 0 Å². The number of fused-ring (bicyclic) bond motifs is 1. The van der Waals surface area contributed by atoms with Crippen LogP contribution in [0, 0.1) is 0 Å². The lowest BCUT2D eigenvalue weighted by atomic mass is 10.3. The van der Waals surface area contributed by atoms with E-state index in [0.717, 1.165) is 4.85 Å². The highest BCUT2D eigenvalue weighted by molar-refractivity contribution is 6.32. The van der Waals surface area contributed by atoms with Crippen LogP contribution in [0.1, 0.15) is 12.8 Å². The molecule has 0 saturated carbocycles. The summed E-state index contributed by atoms with van der Waals surface area (Å²) >= 11 is 5.15. The molecule has 1 saturated heterocycles. The number of para-hydroxylation sites is 1. The molecule has 94 valence electrons. The van der Waals surface area contributed by atoms with E-state index in [1.54, 1.807) is 12.1 Å². The van der Waals surface area contributed by atoms with Gasteiger partial charge in [0, 0.05) is 24.6 Å². The number of aromatic nitrogens is 3. The molecule has 1 aliphatic heterocycles. The van der Waals surface area contributed by atoms with Crippen LogP contribution in [0.15, 0.2) is 24.3 Å². The summed E-state index contributed by atoms with van der Waals surface area (Å²) in [5, 5.41) is 16.1. The average molecular weight is 269 g/mol. The van der Waals surface area contributed by atoms with Crippen molar-refractivity contribution in [3.8, 4) is 0 Å². The lowest BCUT2D eigenvalue weighted by Gasteiger charge is -1.96. The molecule has 1 aliphatic rings. The number of halogens is 1. The predicted octanol–water partition coefficient (Wildman–Crippen LogP) is 0.958. The van der Waals surface area contributed by atoms with Gasteiger partial charge in [0.05, 0.1) is 0 Å². The van der Waals surface area contributed by atoms with Gasteiger partial charge < -0.3 is 5.21 Å². The summed E-state index contributed by atoms with van der Waals surface area (Å²) in [5.41, 5.74) is 1.33. The molecule has 8 heteroatoms. The molecule has 7 nitrogen and oxygen atoms in total. The first-order chi connectivity index (χ1) is 8.59. The van der Waals surface area contributed by atoms with Crippen molar-refractivity contribution < 1.29 is 14.8 Å². The Kier molecular flexibility index (Phi) is 3.42. The van der Waals surface area contributed by atoms with Gasteiger partial charge in [0.2, 0.25) is 11.8 Å². The Morgan fingerprint density at radius 1 is 1.17 bits per heavy atom. The zero-order valence-electron chi connectivity index (χ0n) is 9.15. The number of amides is 2. The molecular weight excluding hydrogens is 260 g/mol. The van der Waals surface area contributed by atoms with Crippen molar-refractivity contribution in [3.05, 3.63) is 24.3 Å². The molecule has 2 heterocycles. The Balaban J connectivity index is 0.000000138. The van der Waals surface area contributed by atoms with Crippen LogP contribution < -0.4 is 0 Å². The number of benzene rings is 1. The standard InChI is InChI=1S/C6H5N3O.C4H4ClNO2/c10-9-6-4-2-1-3-5(6)7-8-9;5-6-3(7)1-2-4(6)8/h1-4,10H;1-2H2. The second-order valence-corrected chi connectivity index (χ2v) is 3.87. The summed E-state index contributed by atoms with van der Waals surface area (Å²) in [6.45, 7) is 0. The van der Waals surface area contributed by atoms with E-state index in [0.29, 0.717) is 15.5 Å². The van der Waals surface area contributed by atoms with E-state index in [9.17, 15) is 9.59 Å². The smallest absolute Gasteiger partial charge is 0.244 e. The van der Waals surface area contributed by atoms with Crippen LogP contribution in [-0.2, 0) is 9.59 Å². The Bertz CT molecular complexity index is 582. The lowest BCUT2D eigenvalue weighted by Crippen LogP contribution is -2.16. The Morgan fingerprint density at radius 2 is 1.78 bits per heavy atom. The van der Waals surface area contributed by atoms with Gasteiger partial charge in [-0.2, -0.15) is 4.42 Å². The Labute approximate surface area is 107 Å². The fraction of sp³-hybridized carbons (Fsp3) is 0.200. The Hall–Kier alpha value is -2.15. The lowest BCUT2D eigenvalue weighted by molar-refractivity contribution is -0.132. The summed E-state index contributed by atoms with van der Waals surface area (Å²) in [6, 6.07) is 7.19. The maximum absolute atomic E-state index is 10.4. The molecule has 3 rings (SSSR count). The van der Waals surface area contributed by atoms with E-state index in [1.807, 2.05) is 12.1 Å². The number of hydrogen-bond donors (Lipinski definition) is 1. The number of carbonyl (C=O) groups is 2. The van der Waals surface area contributed by atoms with E-state index in [-0.39, 0.29) is 24.7 Å². The van der Waals surface area contributed by atoms with Crippen molar-refractivity contribution in [1.29, 1.82) is 0 Å². The summed E-state index contributed by atoms with van der Waals surface area (Å²) in [4.78, 5) is 21.5. The largest absolute Gasteiger partial charge is 0.410 e. The monoisotopic (exact) mass is 268 g/mol. The first-order valence-electron chi connectivity index (χ1n) is 5.11. The molecule has 0 aliphatic carbocycles. The maximum atomic E-state index is 10.4. The van der Waals surface area contributed by atoms with E-state index in [4.69, 9.17) is 17.0 Å². The van der Waals surface area contributed by atoms with Gasteiger partial charge in [0.25, 0.3) is 0 Å². The zero-order valence-corrected chi connectivity index (χ0v) is 9.91. The molecule has 18 heavy (non-hydrogen) atoms. The summed E-state index contributed by atoms with van der Waals surface area (Å²) < 4.78 is 0.639. The van der Waals surface area contributed by atoms with E-state index in [1.165, 1.54) is 0 Å². The number of rotatable bonds is 0. The van der Waals surface area contributed by atoms with Crippen molar-refractivity contribution in [3.63, 3.8) is 0 Å². The second kappa shape index (κ2) is 5.01. The molecule has 2 aromatic rings. The molecule has 1 fully saturated rings. The molecule has 2 amide bonds. The third-order valence-electron chi connectivity index (χ3n) is 2.33. The van der Waals surface area contributed by atoms with E-state index in [2.05, 4.69) is 10.3 Å². The quantitative estimate of drug-likeness (QED) is 0.437. The molecule has 1 aromatic carbocycles. The zero-order chi connectivity index (χ0) is 13.1. The summed E-state index contributed by atoms with van der Waals surface area (Å²) in [7, 11) is 0. The van der Waals surface area contributed by atoms with Crippen molar-refractivity contribution in [2.24, 2.45) is 0 Å². The van der Waals surface area contributed by atoms with Crippen LogP contribution in [0.3, 0.4) is 0 Å². The summed E-state index contributed by atoms with van der Waals surface area (Å²) in [5.74, 6) is -0.590. The molecule has 0 atom stereocenters. The van der Waals surface area contributed by atoms with Crippen LogP contribution in [0.25, 0.3) is 11.0 Å². The van der Waals surface area contributed by atoms with Gasteiger partial charge in [0.15, 0.2) is 0 Å². The molecule has 1 aromatic heterocycles. The van der Waals surface area contributed by atoms with Crippen LogP contribution in [0.4, 0.5) is 0 Å².